The first-order chi connectivity index (χ1) is 9.98. The number of hydrogen-bond acceptors (Lipinski definition) is 6. The van der Waals surface area contributed by atoms with E-state index in [0.717, 1.165) is 0 Å². The molecule has 21 heavy (non-hydrogen) atoms. The quantitative estimate of drug-likeness (QED) is 0.728. The number of hydrogen-bond donors (Lipinski definition) is 1. The Bertz CT molecular complexity index is 491. The van der Waals surface area contributed by atoms with E-state index in [1.807, 2.05) is 0 Å². The van der Waals surface area contributed by atoms with Gasteiger partial charge in [0.15, 0.2) is 15.6 Å². The minimum absolute atomic E-state index is 0.0205. The number of carbonyl (C=O) groups excluding carboxylic acids is 1. The van der Waals surface area contributed by atoms with Crippen LogP contribution in [0, 0.1) is 0 Å². The highest BCUT2D eigenvalue weighted by Crippen LogP contribution is 2.31. The van der Waals surface area contributed by atoms with Gasteiger partial charge in [0.1, 0.15) is 0 Å². The molecular weight excluding hydrogens is 296 g/mol. The summed E-state index contributed by atoms with van der Waals surface area (Å²) >= 11 is 0. The normalized spacial score (nSPS) is 30.9. The lowest BCUT2D eigenvalue weighted by atomic mass is 10.0. The van der Waals surface area contributed by atoms with Crippen molar-refractivity contribution in [3.63, 3.8) is 0 Å². The lowest BCUT2D eigenvalue weighted by Gasteiger charge is -2.37. The van der Waals surface area contributed by atoms with Gasteiger partial charge in [0.2, 0.25) is 5.91 Å². The van der Waals surface area contributed by atoms with Gasteiger partial charge in [-0.15, -0.1) is 0 Å². The van der Waals surface area contributed by atoms with Crippen LogP contribution >= 0.6 is 0 Å². The Morgan fingerprint density at radius 3 is 2.48 bits per heavy atom. The third-order valence-electron chi connectivity index (χ3n) is 4.47. The van der Waals surface area contributed by atoms with Crippen molar-refractivity contribution >= 4 is 15.7 Å². The lowest BCUT2D eigenvalue weighted by molar-refractivity contribution is -0.187. The van der Waals surface area contributed by atoms with Gasteiger partial charge in [-0.05, 0) is 6.42 Å². The fourth-order valence-corrected chi connectivity index (χ4v) is 4.89. The molecule has 0 aromatic rings. The van der Waals surface area contributed by atoms with Gasteiger partial charge >= 0.3 is 0 Å². The molecule has 3 aliphatic rings. The van der Waals surface area contributed by atoms with E-state index in [4.69, 9.17) is 9.47 Å². The third kappa shape index (κ3) is 3.56. The van der Waals surface area contributed by atoms with Crippen LogP contribution in [0.2, 0.25) is 0 Å². The standard InChI is InChI=1S/C13H22N2O5S/c16-12(9-14-11-1-8-21(17,18)10-11)15-4-2-13(3-5-15)19-6-7-20-13/h11,14H,1-10H2. The SMILES string of the molecule is O=C(CNC1CCS(=O)(=O)C1)N1CCC2(CC1)OCCO2. The van der Waals surface area contributed by atoms with Crippen LogP contribution in [0.3, 0.4) is 0 Å². The van der Waals surface area contributed by atoms with Gasteiger partial charge in [0.05, 0.1) is 31.3 Å². The van der Waals surface area contributed by atoms with Crippen LogP contribution in [0.5, 0.6) is 0 Å². The van der Waals surface area contributed by atoms with Gasteiger partial charge in [0.25, 0.3) is 0 Å². The van der Waals surface area contributed by atoms with E-state index >= 15 is 0 Å². The second-order valence-corrected chi connectivity index (χ2v) is 8.20. The number of likely N-dealkylation sites (tertiary alicyclic amines) is 1. The number of sulfone groups is 1. The summed E-state index contributed by atoms with van der Waals surface area (Å²) in [5.41, 5.74) is 0. The second-order valence-electron chi connectivity index (χ2n) is 5.97. The zero-order valence-electron chi connectivity index (χ0n) is 12.0. The van der Waals surface area contributed by atoms with Gasteiger partial charge < -0.3 is 19.7 Å². The molecule has 3 rings (SSSR count). The highest BCUT2D eigenvalue weighted by molar-refractivity contribution is 7.91. The molecule has 1 N–H and O–H groups in total. The number of rotatable bonds is 3. The molecule has 1 amide bonds. The largest absolute Gasteiger partial charge is 0.347 e. The Kier molecular flexibility index (Phi) is 4.22. The van der Waals surface area contributed by atoms with E-state index in [-0.39, 0.29) is 30.0 Å². The van der Waals surface area contributed by atoms with Crippen molar-refractivity contribution in [2.24, 2.45) is 0 Å². The summed E-state index contributed by atoms with van der Waals surface area (Å²) in [7, 11) is -2.90. The monoisotopic (exact) mass is 318 g/mol. The fourth-order valence-electron chi connectivity index (χ4n) is 3.18. The van der Waals surface area contributed by atoms with Gasteiger partial charge in [-0.25, -0.2) is 8.42 Å². The van der Waals surface area contributed by atoms with E-state index < -0.39 is 15.6 Å². The van der Waals surface area contributed by atoms with Gasteiger partial charge in [-0.3, -0.25) is 4.79 Å². The predicted octanol–water partition coefficient (Wildman–Crippen LogP) is -0.871. The summed E-state index contributed by atoms with van der Waals surface area (Å²) < 4.78 is 34.0. The number of ether oxygens (including phenoxy) is 2. The molecule has 3 fully saturated rings. The van der Waals surface area contributed by atoms with Crippen molar-refractivity contribution in [2.45, 2.75) is 31.1 Å². The first kappa shape index (κ1) is 15.2. The topological polar surface area (TPSA) is 84.9 Å². The highest BCUT2D eigenvalue weighted by atomic mass is 32.2. The van der Waals surface area contributed by atoms with Crippen molar-refractivity contribution in [1.29, 1.82) is 0 Å². The zero-order valence-corrected chi connectivity index (χ0v) is 12.9. The molecule has 3 heterocycles. The molecule has 0 bridgehead atoms. The summed E-state index contributed by atoms with van der Waals surface area (Å²) in [6.07, 6.45) is 2.01. The molecule has 3 aliphatic heterocycles. The van der Waals surface area contributed by atoms with Crippen molar-refractivity contribution in [1.82, 2.24) is 10.2 Å². The summed E-state index contributed by atoms with van der Waals surface area (Å²) in [6.45, 7) is 2.72. The maximum atomic E-state index is 12.2. The number of piperidine rings is 1. The molecule has 7 nitrogen and oxygen atoms in total. The summed E-state index contributed by atoms with van der Waals surface area (Å²) in [4.78, 5) is 14.0. The minimum atomic E-state index is -2.90. The van der Waals surface area contributed by atoms with Crippen LogP contribution in [0.1, 0.15) is 19.3 Å². The molecule has 0 aliphatic carbocycles. The molecule has 0 aromatic heterocycles. The maximum Gasteiger partial charge on any atom is 0.236 e. The van der Waals surface area contributed by atoms with Crippen LogP contribution in [-0.2, 0) is 24.1 Å². The van der Waals surface area contributed by atoms with E-state index in [1.54, 1.807) is 4.90 Å². The maximum absolute atomic E-state index is 12.2. The first-order valence-electron chi connectivity index (χ1n) is 7.48. The van der Waals surface area contributed by atoms with Crippen LogP contribution in [0.15, 0.2) is 0 Å². The Hall–Kier alpha value is -0.700. The molecule has 1 spiro atoms. The smallest absolute Gasteiger partial charge is 0.236 e. The molecule has 3 saturated heterocycles. The number of carbonyl (C=O) groups is 1. The Morgan fingerprint density at radius 2 is 1.90 bits per heavy atom. The van der Waals surface area contributed by atoms with E-state index in [0.29, 0.717) is 45.6 Å². The Labute approximate surface area is 124 Å². The second kappa shape index (κ2) is 5.83. The number of amides is 1. The zero-order chi connectivity index (χ0) is 14.9. The molecule has 0 radical (unpaired) electrons. The van der Waals surface area contributed by atoms with Crippen molar-refractivity contribution in [3.8, 4) is 0 Å². The summed E-state index contributed by atoms with van der Waals surface area (Å²) in [5.74, 6) is -0.0821. The van der Waals surface area contributed by atoms with Crippen LogP contribution in [0.4, 0.5) is 0 Å². The molecule has 1 unspecified atom stereocenters. The van der Waals surface area contributed by atoms with Crippen LogP contribution in [-0.4, -0.2) is 75.4 Å². The Morgan fingerprint density at radius 1 is 1.24 bits per heavy atom. The van der Waals surface area contributed by atoms with E-state index in [2.05, 4.69) is 5.32 Å². The average molecular weight is 318 g/mol. The van der Waals surface area contributed by atoms with Gasteiger partial charge in [0, 0.05) is 32.0 Å². The first-order valence-corrected chi connectivity index (χ1v) is 9.30. The Balaban J connectivity index is 1.42. The van der Waals surface area contributed by atoms with Gasteiger partial charge in [-0.2, -0.15) is 0 Å². The molecule has 0 saturated carbocycles. The molecule has 1 atom stereocenters. The number of nitrogens with zero attached hydrogens (tertiary/aromatic N) is 1. The summed E-state index contributed by atoms with van der Waals surface area (Å²) in [6, 6.07) is -0.0865. The van der Waals surface area contributed by atoms with E-state index in [1.165, 1.54) is 0 Å². The summed E-state index contributed by atoms with van der Waals surface area (Å²) in [5, 5.41) is 3.06. The van der Waals surface area contributed by atoms with Crippen molar-refractivity contribution < 1.29 is 22.7 Å². The average Bonchev–Trinajstić information content (AvgIpc) is 3.04. The molecule has 0 aromatic carbocycles. The van der Waals surface area contributed by atoms with E-state index in [9.17, 15) is 13.2 Å². The third-order valence-corrected chi connectivity index (χ3v) is 6.23. The number of nitrogens with one attached hydrogen (secondary N) is 1. The van der Waals surface area contributed by atoms with Crippen LogP contribution < -0.4 is 5.32 Å². The molecule has 120 valence electrons. The fraction of sp³-hybridized carbons (Fsp3) is 0.923. The predicted molar refractivity (Wildman–Crippen MR) is 75.5 cm³/mol. The van der Waals surface area contributed by atoms with Gasteiger partial charge in [-0.1, -0.05) is 0 Å². The van der Waals surface area contributed by atoms with Crippen molar-refractivity contribution in [2.75, 3.05) is 44.4 Å². The minimum Gasteiger partial charge on any atom is -0.347 e. The molecule has 8 heteroatoms. The van der Waals surface area contributed by atoms with Crippen molar-refractivity contribution in [3.05, 3.63) is 0 Å². The van der Waals surface area contributed by atoms with Crippen LogP contribution in [0.25, 0.3) is 0 Å². The highest BCUT2D eigenvalue weighted by Gasteiger charge is 2.40. The lowest BCUT2D eigenvalue weighted by Crippen LogP contribution is -2.50. The molecular formula is C13H22N2O5S.